The van der Waals surface area contributed by atoms with Crippen molar-refractivity contribution in [2.75, 3.05) is 13.7 Å². The van der Waals surface area contributed by atoms with Gasteiger partial charge < -0.3 is 10.1 Å². The van der Waals surface area contributed by atoms with Crippen LogP contribution < -0.4 is 10.1 Å². The standard InChI is InChI=1S/C12H14BrNO3/c1-3-6-14-12(16)11(15)9-7-8(13)4-5-10(9)17-2/h4-5,7H,3,6H2,1-2H3,(H,14,16). The SMILES string of the molecule is CCCNC(=O)C(=O)c1cc(Br)ccc1OC. The fraction of sp³-hybridized carbons (Fsp3) is 0.333. The third-order valence-corrected chi connectivity index (χ3v) is 2.64. The molecule has 0 bridgehead atoms. The molecule has 0 aliphatic heterocycles. The van der Waals surface area contributed by atoms with Crippen molar-refractivity contribution in [2.24, 2.45) is 0 Å². The minimum Gasteiger partial charge on any atom is -0.496 e. The summed E-state index contributed by atoms with van der Waals surface area (Å²) < 4.78 is 5.78. The van der Waals surface area contributed by atoms with E-state index < -0.39 is 11.7 Å². The van der Waals surface area contributed by atoms with Crippen LogP contribution in [0.25, 0.3) is 0 Å². The molecule has 0 fully saturated rings. The van der Waals surface area contributed by atoms with E-state index in [-0.39, 0.29) is 5.56 Å². The van der Waals surface area contributed by atoms with E-state index in [9.17, 15) is 9.59 Å². The monoisotopic (exact) mass is 299 g/mol. The number of hydrogen-bond acceptors (Lipinski definition) is 3. The summed E-state index contributed by atoms with van der Waals surface area (Å²) in [4.78, 5) is 23.4. The first kappa shape index (κ1) is 13.7. The zero-order valence-electron chi connectivity index (χ0n) is 9.75. The van der Waals surface area contributed by atoms with Crippen LogP contribution in [0.15, 0.2) is 22.7 Å². The first-order valence-electron chi connectivity index (χ1n) is 5.26. The molecule has 0 saturated carbocycles. The van der Waals surface area contributed by atoms with Gasteiger partial charge in [-0.3, -0.25) is 9.59 Å². The van der Waals surface area contributed by atoms with Crippen molar-refractivity contribution in [1.29, 1.82) is 0 Å². The predicted octanol–water partition coefficient (Wildman–Crippen LogP) is 2.17. The second kappa shape index (κ2) is 6.39. The summed E-state index contributed by atoms with van der Waals surface area (Å²) in [6.45, 7) is 2.41. The number of amides is 1. The number of methoxy groups -OCH3 is 1. The van der Waals surface area contributed by atoms with Crippen LogP contribution in [0.5, 0.6) is 5.75 Å². The van der Waals surface area contributed by atoms with Crippen molar-refractivity contribution in [1.82, 2.24) is 5.32 Å². The first-order chi connectivity index (χ1) is 8.10. The second-order valence-electron chi connectivity index (χ2n) is 3.43. The van der Waals surface area contributed by atoms with Crippen molar-refractivity contribution in [2.45, 2.75) is 13.3 Å². The van der Waals surface area contributed by atoms with Crippen molar-refractivity contribution in [3.63, 3.8) is 0 Å². The summed E-state index contributed by atoms with van der Waals surface area (Å²) >= 11 is 3.26. The lowest BCUT2D eigenvalue weighted by Gasteiger charge is -2.08. The Morgan fingerprint density at radius 2 is 2.12 bits per heavy atom. The Kier molecular flexibility index (Phi) is 5.15. The Labute approximate surface area is 108 Å². The zero-order valence-corrected chi connectivity index (χ0v) is 11.3. The Bertz CT molecular complexity index is 432. The van der Waals surface area contributed by atoms with Gasteiger partial charge in [0.25, 0.3) is 11.7 Å². The molecular formula is C12H14BrNO3. The van der Waals surface area contributed by atoms with Gasteiger partial charge in [-0.05, 0) is 24.6 Å². The molecule has 5 heteroatoms. The van der Waals surface area contributed by atoms with Crippen LogP contribution in [0.2, 0.25) is 0 Å². The summed E-state index contributed by atoms with van der Waals surface area (Å²) in [5, 5.41) is 2.54. The number of carbonyl (C=O) groups excluding carboxylic acids is 2. The highest BCUT2D eigenvalue weighted by molar-refractivity contribution is 9.10. The molecule has 0 radical (unpaired) electrons. The van der Waals surface area contributed by atoms with Gasteiger partial charge in [-0.2, -0.15) is 0 Å². The summed E-state index contributed by atoms with van der Waals surface area (Å²) in [5.74, 6) is -0.801. The highest BCUT2D eigenvalue weighted by Gasteiger charge is 2.19. The number of rotatable bonds is 5. The number of nitrogens with one attached hydrogen (secondary N) is 1. The summed E-state index contributed by atoms with van der Waals surface area (Å²) in [7, 11) is 1.46. The van der Waals surface area contributed by atoms with Crippen LogP contribution in [-0.4, -0.2) is 25.3 Å². The van der Waals surface area contributed by atoms with Crippen molar-refractivity contribution in [3.8, 4) is 5.75 Å². The molecule has 0 heterocycles. The van der Waals surface area contributed by atoms with Crippen LogP contribution in [0.1, 0.15) is 23.7 Å². The fourth-order valence-corrected chi connectivity index (χ4v) is 1.66. The molecule has 0 aliphatic rings. The maximum absolute atomic E-state index is 11.9. The predicted molar refractivity (Wildman–Crippen MR) is 68.3 cm³/mol. The van der Waals surface area contributed by atoms with Crippen LogP contribution in [0.4, 0.5) is 0 Å². The van der Waals surface area contributed by atoms with E-state index in [4.69, 9.17) is 4.74 Å². The molecule has 1 aromatic rings. The maximum atomic E-state index is 11.9. The smallest absolute Gasteiger partial charge is 0.292 e. The number of hydrogen-bond donors (Lipinski definition) is 1. The minimum absolute atomic E-state index is 0.260. The zero-order chi connectivity index (χ0) is 12.8. The van der Waals surface area contributed by atoms with E-state index >= 15 is 0 Å². The van der Waals surface area contributed by atoms with Gasteiger partial charge in [-0.25, -0.2) is 0 Å². The number of ketones is 1. The first-order valence-corrected chi connectivity index (χ1v) is 6.05. The molecule has 0 unspecified atom stereocenters. The summed E-state index contributed by atoms with van der Waals surface area (Å²) in [6, 6.07) is 4.97. The molecule has 1 rings (SSSR count). The topological polar surface area (TPSA) is 55.4 Å². The molecule has 1 amide bonds. The number of benzene rings is 1. The van der Waals surface area contributed by atoms with Gasteiger partial charge in [0.1, 0.15) is 5.75 Å². The Morgan fingerprint density at radius 1 is 1.41 bits per heavy atom. The molecule has 0 aromatic heterocycles. The summed E-state index contributed by atoms with van der Waals surface area (Å²) in [6.07, 6.45) is 0.786. The molecule has 92 valence electrons. The lowest BCUT2D eigenvalue weighted by molar-refractivity contribution is -0.117. The number of ether oxygens (including phenoxy) is 1. The molecule has 1 aromatic carbocycles. The third-order valence-electron chi connectivity index (χ3n) is 2.15. The molecular weight excluding hydrogens is 286 g/mol. The average molecular weight is 300 g/mol. The van der Waals surface area contributed by atoms with Gasteiger partial charge in [0.15, 0.2) is 0 Å². The summed E-state index contributed by atoms with van der Waals surface area (Å²) in [5.41, 5.74) is 0.260. The second-order valence-corrected chi connectivity index (χ2v) is 4.35. The van der Waals surface area contributed by atoms with Crippen molar-refractivity contribution < 1.29 is 14.3 Å². The highest BCUT2D eigenvalue weighted by atomic mass is 79.9. The van der Waals surface area contributed by atoms with Crippen molar-refractivity contribution in [3.05, 3.63) is 28.2 Å². The van der Waals surface area contributed by atoms with E-state index in [0.717, 1.165) is 10.9 Å². The molecule has 0 spiro atoms. The van der Waals surface area contributed by atoms with Gasteiger partial charge in [-0.15, -0.1) is 0 Å². The Balaban J connectivity index is 2.94. The van der Waals surface area contributed by atoms with Crippen molar-refractivity contribution >= 4 is 27.6 Å². The van der Waals surface area contributed by atoms with Crippen LogP contribution in [0, 0.1) is 0 Å². The molecule has 4 nitrogen and oxygen atoms in total. The Hall–Kier alpha value is -1.36. The molecule has 17 heavy (non-hydrogen) atoms. The van der Waals surface area contributed by atoms with Crippen LogP contribution in [-0.2, 0) is 4.79 Å². The van der Waals surface area contributed by atoms with E-state index in [2.05, 4.69) is 21.2 Å². The molecule has 0 atom stereocenters. The third kappa shape index (κ3) is 3.56. The van der Waals surface area contributed by atoms with E-state index in [1.54, 1.807) is 18.2 Å². The van der Waals surface area contributed by atoms with E-state index in [1.807, 2.05) is 6.92 Å². The molecule has 0 saturated heterocycles. The largest absolute Gasteiger partial charge is 0.496 e. The van der Waals surface area contributed by atoms with E-state index in [1.165, 1.54) is 7.11 Å². The lowest BCUT2D eigenvalue weighted by atomic mass is 10.1. The molecule has 1 N–H and O–H groups in total. The van der Waals surface area contributed by atoms with Gasteiger partial charge in [-0.1, -0.05) is 22.9 Å². The number of Topliss-reactive ketones (excluding diaryl/α,β-unsaturated/α-hetero) is 1. The van der Waals surface area contributed by atoms with Gasteiger partial charge >= 0.3 is 0 Å². The molecule has 0 aliphatic carbocycles. The van der Waals surface area contributed by atoms with Crippen LogP contribution in [0.3, 0.4) is 0 Å². The van der Waals surface area contributed by atoms with E-state index in [0.29, 0.717) is 12.3 Å². The quantitative estimate of drug-likeness (QED) is 0.670. The lowest BCUT2D eigenvalue weighted by Crippen LogP contribution is -2.31. The Morgan fingerprint density at radius 3 is 2.71 bits per heavy atom. The van der Waals surface area contributed by atoms with Gasteiger partial charge in [0.2, 0.25) is 0 Å². The van der Waals surface area contributed by atoms with Gasteiger partial charge in [0, 0.05) is 11.0 Å². The fourth-order valence-electron chi connectivity index (χ4n) is 1.30. The average Bonchev–Trinajstić information content (AvgIpc) is 2.34. The van der Waals surface area contributed by atoms with Crippen LogP contribution >= 0.6 is 15.9 Å². The number of carbonyl (C=O) groups is 2. The minimum atomic E-state index is -0.608. The highest BCUT2D eigenvalue weighted by Crippen LogP contribution is 2.23. The van der Waals surface area contributed by atoms with Gasteiger partial charge in [0.05, 0.1) is 12.7 Å². The number of halogens is 1. The maximum Gasteiger partial charge on any atom is 0.292 e. The normalized spacial score (nSPS) is 9.82.